The summed E-state index contributed by atoms with van der Waals surface area (Å²) in [6.07, 6.45) is 5.33. The van der Waals surface area contributed by atoms with Crippen molar-refractivity contribution in [2.45, 2.75) is 85.1 Å². The lowest BCUT2D eigenvalue weighted by Gasteiger charge is -2.42. The molecule has 0 bridgehead atoms. The molecular formula is C25H34BrNO. The van der Waals surface area contributed by atoms with Crippen molar-refractivity contribution in [3.05, 3.63) is 64.0 Å². The number of halogens is 1. The van der Waals surface area contributed by atoms with Gasteiger partial charge in [0.1, 0.15) is 0 Å². The normalized spacial score (nSPS) is 16.8. The molecule has 1 aliphatic rings. The van der Waals surface area contributed by atoms with Crippen LogP contribution in [-0.2, 0) is 23.8 Å². The first-order valence-corrected chi connectivity index (χ1v) is 10.2. The third kappa shape index (κ3) is 4.25. The van der Waals surface area contributed by atoms with E-state index in [4.69, 9.17) is 0 Å². The highest BCUT2D eigenvalue weighted by Crippen LogP contribution is 2.46. The molecule has 0 spiro atoms. The van der Waals surface area contributed by atoms with Gasteiger partial charge in [0.25, 0.3) is 0 Å². The molecule has 0 fully saturated rings. The van der Waals surface area contributed by atoms with Crippen LogP contribution in [0.4, 0.5) is 0 Å². The number of aryl methyl sites for hydroxylation is 3. The van der Waals surface area contributed by atoms with E-state index in [9.17, 15) is 4.79 Å². The number of carbonyl (C=O) groups excluding carboxylic acids is 1. The van der Waals surface area contributed by atoms with Gasteiger partial charge in [-0.15, -0.1) is 0 Å². The molecule has 1 aliphatic carbocycles. The van der Waals surface area contributed by atoms with Crippen LogP contribution in [0.25, 0.3) is 0 Å². The van der Waals surface area contributed by atoms with Crippen LogP contribution in [0.1, 0.15) is 85.8 Å². The van der Waals surface area contributed by atoms with Gasteiger partial charge in [0.2, 0.25) is 12.3 Å². The first-order valence-electron chi connectivity index (χ1n) is 10.2. The average molecular weight is 444 g/mol. The van der Waals surface area contributed by atoms with Crippen LogP contribution < -0.4 is 21.5 Å². The summed E-state index contributed by atoms with van der Waals surface area (Å²) >= 11 is 0. The summed E-state index contributed by atoms with van der Waals surface area (Å²) in [6.45, 7) is 16.0. The van der Waals surface area contributed by atoms with E-state index >= 15 is 0 Å². The Morgan fingerprint density at radius 2 is 1.57 bits per heavy atom. The summed E-state index contributed by atoms with van der Waals surface area (Å²) in [7, 11) is 0. The third-order valence-corrected chi connectivity index (χ3v) is 6.47. The Kier molecular flexibility index (Phi) is 6.60. The molecule has 0 atom stereocenters. The van der Waals surface area contributed by atoms with Crippen LogP contribution in [-0.4, -0.2) is 5.78 Å². The Morgan fingerprint density at radius 1 is 1.00 bits per heavy atom. The largest absolute Gasteiger partial charge is 1.00 e. The molecule has 1 heterocycles. The van der Waals surface area contributed by atoms with E-state index in [0.717, 1.165) is 24.1 Å². The smallest absolute Gasteiger partial charge is 0.227 e. The quantitative estimate of drug-likeness (QED) is 0.524. The predicted molar refractivity (Wildman–Crippen MR) is 112 cm³/mol. The summed E-state index contributed by atoms with van der Waals surface area (Å²) < 4.78 is 2.08. The van der Waals surface area contributed by atoms with E-state index in [1.165, 1.54) is 28.7 Å². The lowest BCUT2D eigenvalue weighted by molar-refractivity contribution is -0.689. The molecule has 3 heteroatoms. The van der Waals surface area contributed by atoms with Crippen molar-refractivity contribution in [2.24, 2.45) is 0 Å². The number of rotatable bonds is 4. The fourth-order valence-electron chi connectivity index (χ4n) is 4.36. The highest BCUT2D eigenvalue weighted by atomic mass is 79.9. The first-order chi connectivity index (χ1) is 12.5. The van der Waals surface area contributed by atoms with Crippen molar-refractivity contribution in [2.75, 3.05) is 0 Å². The zero-order valence-electron chi connectivity index (χ0n) is 18.4. The zero-order valence-corrected chi connectivity index (χ0v) is 20.0. The van der Waals surface area contributed by atoms with E-state index in [2.05, 4.69) is 83.5 Å². The Bertz CT molecular complexity index is 896. The van der Waals surface area contributed by atoms with Gasteiger partial charge < -0.3 is 17.0 Å². The van der Waals surface area contributed by atoms with Crippen molar-refractivity contribution >= 4 is 5.78 Å². The van der Waals surface area contributed by atoms with Crippen LogP contribution >= 0.6 is 0 Å². The molecule has 0 unspecified atom stereocenters. The van der Waals surface area contributed by atoms with Crippen LogP contribution in [0, 0.1) is 13.8 Å². The SMILES string of the molecule is CCc1cc2c(cc1C(=O)C[n+]1cc(C)ccc1C)C(C)(C)CCC2(C)C.[Br-]. The molecule has 0 N–H and O–H groups in total. The van der Waals surface area contributed by atoms with Crippen LogP contribution in [0.15, 0.2) is 30.5 Å². The monoisotopic (exact) mass is 443 g/mol. The van der Waals surface area contributed by atoms with Gasteiger partial charge in [-0.05, 0) is 65.8 Å². The molecule has 0 radical (unpaired) electrons. The minimum Gasteiger partial charge on any atom is -1.00 e. The average Bonchev–Trinajstić information content (AvgIpc) is 2.61. The molecule has 2 nitrogen and oxygen atoms in total. The number of carbonyl (C=O) groups is 1. The van der Waals surface area contributed by atoms with Gasteiger partial charge >= 0.3 is 0 Å². The van der Waals surface area contributed by atoms with E-state index in [1.807, 2.05) is 0 Å². The van der Waals surface area contributed by atoms with Gasteiger partial charge in [-0.2, -0.15) is 4.57 Å². The Labute approximate surface area is 181 Å². The van der Waals surface area contributed by atoms with Crippen LogP contribution in [0.2, 0.25) is 0 Å². The Balaban J connectivity index is 0.00000280. The molecule has 0 amide bonds. The number of Topliss-reactive ketones (excluding diaryl/α,β-unsaturated/α-hetero) is 1. The van der Waals surface area contributed by atoms with Crippen molar-refractivity contribution in [1.29, 1.82) is 0 Å². The van der Waals surface area contributed by atoms with Crippen LogP contribution in [0.5, 0.6) is 0 Å². The molecule has 1 aromatic carbocycles. The number of hydrogen-bond acceptors (Lipinski definition) is 1. The molecule has 3 rings (SSSR count). The summed E-state index contributed by atoms with van der Waals surface area (Å²) in [4.78, 5) is 13.3. The molecular weight excluding hydrogens is 410 g/mol. The maximum Gasteiger partial charge on any atom is 0.227 e. The molecule has 28 heavy (non-hydrogen) atoms. The standard InChI is InChI=1S/C25H34NO.BrH/c1-8-19-13-21-22(25(6,7)12-11-24(21,4)5)14-20(19)23(27)16-26-15-17(2)9-10-18(26)3;/h9-10,13-15H,8,11-12,16H2,1-7H3;1H/q+1;/p-1. The maximum atomic E-state index is 13.3. The number of benzene rings is 1. The third-order valence-electron chi connectivity index (χ3n) is 6.47. The van der Waals surface area contributed by atoms with E-state index in [1.54, 1.807) is 0 Å². The molecule has 0 saturated carbocycles. The van der Waals surface area contributed by atoms with E-state index in [0.29, 0.717) is 6.54 Å². The summed E-state index contributed by atoms with van der Waals surface area (Å²) in [5.41, 5.74) is 7.50. The predicted octanol–water partition coefficient (Wildman–Crippen LogP) is 2.39. The minimum absolute atomic E-state index is 0. The van der Waals surface area contributed by atoms with Gasteiger partial charge in [-0.3, -0.25) is 4.79 Å². The lowest BCUT2D eigenvalue weighted by Crippen LogP contribution is -3.00. The fourth-order valence-corrected chi connectivity index (χ4v) is 4.36. The van der Waals surface area contributed by atoms with E-state index in [-0.39, 0.29) is 33.6 Å². The van der Waals surface area contributed by atoms with Gasteiger partial charge in [0.15, 0.2) is 11.9 Å². The highest BCUT2D eigenvalue weighted by molar-refractivity contribution is 5.97. The van der Waals surface area contributed by atoms with Crippen molar-refractivity contribution in [3.8, 4) is 0 Å². The van der Waals surface area contributed by atoms with E-state index < -0.39 is 0 Å². The lowest BCUT2D eigenvalue weighted by atomic mass is 9.62. The number of fused-ring (bicyclic) bond motifs is 1. The second kappa shape index (κ2) is 8.10. The van der Waals surface area contributed by atoms with Gasteiger partial charge in [0, 0.05) is 24.1 Å². The topological polar surface area (TPSA) is 20.9 Å². The number of ketones is 1. The van der Waals surface area contributed by atoms with Crippen molar-refractivity contribution in [1.82, 2.24) is 0 Å². The summed E-state index contributed by atoms with van der Waals surface area (Å²) in [6, 6.07) is 8.74. The first kappa shape index (κ1) is 22.8. The Morgan fingerprint density at radius 3 is 2.14 bits per heavy atom. The second-order valence-electron chi connectivity index (χ2n) is 9.58. The molecule has 2 aromatic rings. The molecule has 1 aromatic heterocycles. The summed E-state index contributed by atoms with van der Waals surface area (Å²) in [5.74, 6) is 0.215. The maximum absolute atomic E-state index is 13.3. The number of aromatic nitrogens is 1. The zero-order chi connectivity index (χ0) is 20.0. The van der Waals surface area contributed by atoms with Gasteiger partial charge in [-0.1, -0.05) is 40.7 Å². The van der Waals surface area contributed by atoms with Crippen molar-refractivity contribution in [3.63, 3.8) is 0 Å². The number of hydrogen-bond donors (Lipinski definition) is 0. The summed E-state index contributed by atoms with van der Waals surface area (Å²) in [5, 5.41) is 0. The number of nitrogens with zero attached hydrogens (tertiary/aromatic N) is 1. The van der Waals surface area contributed by atoms with Crippen LogP contribution in [0.3, 0.4) is 0 Å². The highest BCUT2D eigenvalue weighted by Gasteiger charge is 2.38. The fraction of sp³-hybridized carbons (Fsp3) is 0.520. The molecule has 0 saturated heterocycles. The van der Waals surface area contributed by atoms with Gasteiger partial charge in [-0.25, -0.2) is 0 Å². The second-order valence-corrected chi connectivity index (χ2v) is 9.58. The number of pyridine rings is 1. The molecule has 0 aliphatic heterocycles. The minimum atomic E-state index is 0. The molecule has 152 valence electrons. The Hall–Kier alpha value is -1.48. The van der Waals surface area contributed by atoms with Crippen molar-refractivity contribution < 1.29 is 26.3 Å². The van der Waals surface area contributed by atoms with Gasteiger partial charge in [0.05, 0.1) is 0 Å².